The molecule has 2 aromatic carbocycles. The second kappa shape index (κ2) is 7.58. The summed E-state index contributed by atoms with van der Waals surface area (Å²) in [5.41, 5.74) is 4.66. The van der Waals surface area contributed by atoms with Gasteiger partial charge in [0.2, 0.25) is 0 Å². The van der Waals surface area contributed by atoms with Gasteiger partial charge in [0, 0.05) is 12.0 Å². The second-order valence-corrected chi connectivity index (χ2v) is 5.51. The van der Waals surface area contributed by atoms with Gasteiger partial charge in [-0.05, 0) is 32.3 Å². The number of rotatable bonds is 6. The first-order valence-electron chi connectivity index (χ1n) is 7.44. The molecule has 0 unspecified atom stereocenters. The summed E-state index contributed by atoms with van der Waals surface area (Å²) in [6.07, 6.45) is 2.56. The quantitative estimate of drug-likeness (QED) is 0.522. The van der Waals surface area contributed by atoms with Crippen LogP contribution < -0.4 is 0 Å². The van der Waals surface area contributed by atoms with Crippen LogP contribution in [-0.4, -0.2) is 5.78 Å². The fourth-order valence-corrected chi connectivity index (χ4v) is 2.31. The Morgan fingerprint density at radius 3 is 2.00 bits per heavy atom. The van der Waals surface area contributed by atoms with Gasteiger partial charge < -0.3 is 0 Å². The third-order valence-corrected chi connectivity index (χ3v) is 3.88. The Kier molecular flexibility index (Phi) is 5.51. The first kappa shape index (κ1) is 15.2. The Balaban J connectivity index is 1.94. The van der Waals surface area contributed by atoms with Crippen molar-refractivity contribution in [2.24, 2.45) is 0 Å². The van der Waals surface area contributed by atoms with E-state index in [1.165, 1.54) is 16.7 Å². The highest BCUT2D eigenvalue weighted by molar-refractivity contribution is 5.97. The van der Waals surface area contributed by atoms with E-state index in [4.69, 9.17) is 0 Å². The molecule has 1 nitrogen and oxygen atoms in total. The van der Waals surface area contributed by atoms with Crippen molar-refractivity contribution in [2.75, 3.05) is 0 Å². The summed E-state index contributed by atoms with van der Waals surface area (Å²) in [6.45, 7) is 4.21. The molecule has 0 saturated heterocycles. The molecule has 0 aliphatic heterocycles. The molecule has 0 bridgehead atoms. The number of hydrogen-bond donors (Lipinski definition) is 0. The van der Waals surface area contributed by atoms with Crippen LogP contribution in [0.1, 0.15) is 42.6 Å². The number of carbonyl (C=O) groups is 1. The molecular formula is C20H22O. The average Bonchev–Trinajstić information content (AvgIpc) is 2.54. The highest BCUT2D eigenvalue weighted by atomic mass is 16.1. The summed E-state index contributed by atoms with van der Waals surface area (Å²) in [5.74, 6) is 0.201. The van der Waals surface area contributed by atoms with Crippen LogP contribution in [0.3, 0.4) is 0 Å². The molecule has 2 aromatic rings. The smallest absolute Gasteiger partial charge is 0.166 e. The van der Waals surface area contributed by atoms with E-state index in [9.17, 15) is 4.79 Å². The van der Waals surface area contributed by atoms with E-state index in [1.54, 1.807) is 0 Å². The van der Waals surface area contributed by atoms with Crippen LogP contribution >= 0.6 is 0 Å². The fourth-order valence-electron chi connectivity index (χ4n) is 2.31. The maximum Gasteiger partial charge on any atom is 0.166 e. The Bertz CT molecular complexity index is 609. The lowest BCUT2D eigenvalue weighted by Gasteiger charge is -2.08. The van der Waals surface area contributed by atoms with Gasteiger partial charge in [-0.15, -0.1) is 0 Å². The lowest BCUT2D eigenvalue weighted by molar-refractivity contribution is 0.0992. The molecule has 1 heteroatoms. The molecule has 21 heavy (non-hydrogen) atoms. The standard InChI is InChI=1S/C20H22O/c1-16(13-14-18-9-5-3-6-10-18)17(2)15-20(21)19-11-7-4-8-12-19/h3-12H,13-15H2,1-2H3. The molecule has 0 aliphatic rings. The van der Waals surface area contributed by atoms with Crippen LogP contribution in [0.2, 0.25) is 0 Å². The average molecular weight is 278 g/mol. The molecule has 108 valence electrons. The van der Waals surface area contributed by atoms with Gasteiger partial charge in [-0.3, -0.25) is 4.79 Å². The monoisotopic (exact) mass is 278 g/mol. The minimum absolute atomic E-state index is 0.201. The summed E-state index contributed by atoms with van der Waals surface area (Å²) >= 11 is 0. The van der Waals surface area contributed by atoms with Crippen LogP contribution in [0.15, 0.2) is 71.8 Å². The van der Waals surface area contributed by atoms with Crippen molar-refractivity contribution in [1.82, 2.24) is 0 Å². The van der Waals surface area contributed by atoms with Crippen LogP contribution in [0.4, 0.5) is 0 Å². The van der Waals surface area contributed by atoms with Gasteiger partial charge in [0.15, 0.2) is 5.78 Å². The van der Waals surface area contributed by atoms with Gasteiger partial charge in [0.1, 0.15) is 0 Å². The largest absolute Gasteiger partial charge is 0.294 e. The molecule has 0 fully saturated rings. The van der Waals surface area contributed by atoms with E-state index >= 15 is 0 Å². The fraction of sp³-hybridized carbons (Fsp3) is 0.250. The van der Waals surface area contributed by atoms with Crippen molar-refractivity contribution in [2.45, 2.75) is 33.1 Å². The number of allylic oxidation sites excluding steroid dienone is 2. The van der Waals surface area contributed by atoms with Gasteiger partial charge in [-0.2, -0.15) is 0 Å². The summed E-state index contributed by atoms with van der Waals surface area (Å²) in [7, 11) is 0. The van der Waals surface area contributed by atoms with Crippen LogP contribution in [0.5, 0.6) is 0 Å². The zero-order valence-electron chi connectivity index (χ0n) is 12.8. The topological polar surface area (TPSA) is 17.1 Å². The van der Waals surface area contributed by atoms with Gasteiger partial charge in [-0.25, -0.2) is 0 Å². The molecule has 0 aliphatic carbocycles. The summed E-state index contributed by atoms with van der Waals surface area (Å²) in [5, 5.41) is 0. The van der Waals surface area contributed by atoms with Gasteiger partial charge in [0.25, 0.3) is 0 Å². The van der Waals surface area contributed by atoms with E-state index < -0.39 is 0 Å². The summed E-state index contributed by atoms with van der Waals surface area (Å²) < 4.78 is 0. The summed E-state index contributed by atoms with van der Waals surface area (Å²) in [6, 6.07) is 20.0. The normalized spacial score (nSPS) is 11.9. The molecule has 2 rings (SSSR count). The third kappa shape index (κ3) is 4.71. The van der Waals surface area contributed by atoms with Crippen molar-refractivity contribution >= 4 is 5.78 Å². The second-order valence-electron chi connectivity index (χ2n) is 5.51. The molecule has 0 heterocycles. The Labute approximate surface area is 127 Å². The van der Waals surface area contributed by atoms with E-state index in [0.717, 1.165) is 18.4 Å². The molecular weight excluding hydrogens is 256 g/mol. The first-order chi connectivity index (χ1) is 10.2. The summed E-state index contributed by atoms with van der Waals surface area (Å²) in [4.78, 5) is 12.2. The van der Waals surface area contributed by atoms with Crippen LogP contribution in [0.25, 0.3) is 0 Å². The van der Waals surface area contributed by atoms with Crippen molar-refractivity contribution in [3.8, 4) is 0 Å². The zero-order valence-corrected chi connectivity index (χ0v) is 12.8. The highest BCUT2D eigenvalue weighted by Gasteiger charge is 2.07. The SMILES string of the molecule is CC(CCc1ccccc1)=C(C)CC(=O)c1ccccc1. The van der Waals surface area contributed by atoms with Crippen molar-refractivity contribution < 1.29 is 4.79 Å². The van der Waals surface area contributed by atoms with Crippen molar-refractivity contribution in [3.05, 3.63) is 82.9 Å². The van der Waals surface area contributed by atoms with Crippen LogP contribution in [0, 0.1) is 0 Å². The third-order valence-electron chi connectivity index (χ3n) is 3.88. The van der Waals surface area contributed by atoms with Crippen molar-refractivity contribution in [3.63, 3.8) is 0 Å². The van der Waals surface area contributed by atoms with Gasteiger partial charge >= 0.3 is 0 Å². The molecule has 0 atom stereocenters. The lowest BCUT2D eigenvalue weighted by atomic mass is 9.97. The molecule has 0 saturated carbocycles. The number of benzene rings is 2. The van der Waals surface area contributed by atoms with E-state index in [-0.39, 0.29) is 5.78 Å². The van der Waals surface area contributed by atoms with E-state index in [1.807, 2.05) is 36.4 Å². The Morgan fingerprint density at radius 1 is 0.810 bits per heavy atom. The highest BCUT2D eigenvalue weighted by Crippen LogP contribution is 2.17. The minimum Gasteiger partial charge on any atom is -0.294 e. The molecule has 0 N–H and O–H groups in total. The number of Topliss-reactive ketones (excluding diaryl/α,β-unsaturated/α-hetero) is 1. The maximum atomic E-state index is 12.2. The number of carbonyl (C=O) groups excluding carboxylic acids is 1. The molecule has 0 radical (unpaired) electrons. The van der Waals surface area contributed by atoms with Gasteiger partial charge in [0.05, 0.1) is 0 Å². The predicted octanol–water partition coefficient (Wildman–Crippen LogP) is 5.23. The number of ketones is 1. The zero-order chi connectivity index (χ0) is 15.1. The minimum atomic E-state index is 0.201. The Hall–Kier alpha value is -2.15. The molecule has 0 spiro atoms. The first-order valence-corrected chi connectivity index (χ1v) is 7.44. The van der Waals surface area contributed by atoms with Crippen molar-refractivity contribution in [1.29, 1.82) is 0 Å². The number of aryl methyl sites for hydroxylation is 1. The lowest BCUT2D eigenvalue weighted by Crippen LogP contribution is -2.01. The maximum absolute atomic E-state index is 12.2. The van der Waals surface area contributed by atoms with Gasteiger partial charge in [-0.1, -0.05) is 71.8 Å². The molecule has 0 aromatic heterocycles. The van der Waals surface area contributed by atoms with E-state index in [0.29, 0.717) is 6.42 Å². The predicted molar refractivity (Wildman–Crippen MR) is 88.5 cm³/mol. The number of hydrogen-bond acceptors (Lipinski definition) is 1. The molecule has 0 amide bonds. The Morgan fingerprint density at radius 2 is 1.38 bits per heavy atom. The van der Waals surface area contributed by atoms with E-state index in [2.05, 4.69) is 38.1 Å². The van der Waals surface area contributed by atoms with Crippen LogP contribution in [-0.2, 0) is 6.42 Å².